The van der Waals surface area contributed by atoms with Crippen molar-refractivity contribution < 1.29 is 4.74 Å². The van der Waals surface area contributed by atoms with Crippen LogP contribution in [0, 0.1) is 5.41 Å². The molecule has 0 spiro atoms. The molecule has 0 saturated carbocycles. The summed E-state index contributed by atoms with van der Waals surface area (Å²) in [4.78, 5) is 22.6. The molecule has 0 aliphatic carbocycles. The molecule has 0 amide bonds. The Kier molecular flexibility index (Phi) is 5.20. The third-order valence-corrected chi connectivity index (χ3v) is 5.37. The third kappa shape index (κ3) is 3.93. The number of rotatable bonds is 5. The molecule has 1 aliphatic rings. The van der Waals surface area contributed by atoms with Gasteiger partial charge in [-0.05, 0) is 17.7 Å². The van der Waals surface area contributed by atoms with Crippen LogP contribution in [0.1, 0.15) is 31.1 Å². The van der Waals surface area contributed by atoms with E-state index in [0.29, 0.717) is 30.2 Å². The van der Waals surface area contributed by atoms with Crippen molar-refractivity contribution in [2.24, 2.45) is 5.41 Å². The summed E-state index contributed by atoms with van der Waals surface area (Å²) in [7, 11) is 1.68. The lowest BCUT2D eigenvalue weighted by atomic mass is 9.91. The Morgan fingerprint density at radius 2 is 1.90 bits per heavy atom. The Morgan fingerprint density at radius 1 is 1.17 bits per heavy atom. The minimum absolute atomic E-state index is 0.0138. The second kappa shape index (κ2) is 7.79. The normalized spacial score (nSPS) is 16.0. The van der Waals surface area contributed by atoms with E-state index in [1.165, 1.54) is 0 Å². The van der Waals surface area contributed by atoms with Crippen LogP contribution in [-0.4, -0.2) is 28.2 Å². The van der Waals surface area contributed by atoms with Crippen LogP contribution >= 0.6 is 0 Å². The van der Waals surface area contributed by atoms with E-state index in [4.69, 9.17) is 9.72 Å². The molecule has 1 atom stereocenters. The van der Waals surface area contributed by atoms with Gasteiger partial charge in [-0.2, -0.15) is 0 Å². The molecular weight excluding hydrogens is 364 g/mol. The zero-order chi connectivity index (χ0) is 20.4. The van der Waals surface area contributed by atoms with Gasteiger partial charge in [0.25, 0.3) is 5.56 Å². The molecule has 29 heavy (non-hydrogen) atoms. The standard InChI is InChI=1S/C23H26N4O2/c1-23(2)14-25-22-26-20(17-9-11-24-12-10-17)18(21(28)27(22)15-23)13-19(29-3)16-7-5-4-6-8-16/h4-12,19H,13-15H2,1-3H3,(H,25,26). The number of nitrogens with zero attached hydrogens (tertiary/aromatic N) is 3. The van der Waals surface area contributed by atoms with Crippen molar-refractivity contribution in [2.45, 2.75) is 32.9 Å². The minimum Gasteiger partial charge on any atom is -0.376 e. The Labute approximate surface area is 170 Å². The molecule has 0 fully saturated rings. The van der Waals surface area contributed by atoms with Gasteiger partial charge < -0.3 is 10.1 Å². The Bertz CT molecular complexity index is 1050. The van der Waals surface area contributed by atoms with Crippen molar-refractivity contribution in [3.8, 4) is 11.3 Å². The van der Waals surface area contributed by atoms with E-state index in [0.717, 1.165) is 17.7 Å². The quantitative estimate of drug-likeness (QED) is 0.720. The fourth-order valence-corrected chi connectivity index (χ4v) is 3.80. The minimum atomic E-state index is -0.227. The van der Waals surface area contributed by atoms with E-state index in [1.54, 1.807) is 24.1 Å². The highest BCUT2D eigenvalue weighted by atomic mass is 16.5. The van der Waals surface area contributed by atoms with Gasteiger partial charge in [0.05, 0.1) is 11.8 Å². The van der Waals surface area contributed by atoms with Gasteiger partial charge in [0, 0.05) is 55.6 Å². The van der Waals surface area contributed by atoms with E-state index in [2.05, 4.69) is 24.1 Å². The largest absolute Gasteiger partial charge is 0.376 e. The Hall–Kier alpha value is -2.99. The zero-order valence-corrected chi connectivity index (χ0v) is 17.1. The molecule has 6 heteroatoms. The van der Waals surface area contributed by atoms with Crippen molar-refractivity contribution in [3.63, 3.8) is 0 Å². The van der Waals surface area contributed by atoms with E-state index in [1.807, 2.05) is 42.5 Å². The summed E-state index contributed by atoms with van der Waals surface area (Å²) in [5, 5.41) is 3.34. The van der Waals surface area contributed by atoms with Gasteiger partial charge in [0.2, 0.25) is 5.95 Å². The highest BCUT2D eigenvalue weighted by Crippen LogP contribution is 2.30. The Balaban J connectivity index is 1.85. The maximum Gasteiger partial charge on any atom is 0.258 e. The topological polar surface area (TPSA) is 69.0 Å². The zero-order valence-electron chi connectivity index (χ0n) is 17.1. The Morgan fingerprint density at radius 3 is 2.59 bits per heavy atom. The maximum atomic E-state index is 13.6. The lowest BCUT2D eigenvalue weighted by Crippen LogP contribution is -2.42. The number of aromatic nitrogens is 3. The number of nitrogens with one attached hydrogen (secondary N) is 1. The molecule has 0 bridgehead atoms. The highest BCUT2D eigenvalue weighted by Gasteiger charge is 2.29. The second-order valence-electron chi connectivity index (χ2n) is 8.25. The van der Waals surface area contributed by atoms with E-state index in [9.17, 15) is 4.79 Å². The van der Waals surface area contributed by atoms with Crippen molar-refractivity contribution in [2.75, 3.05) is 19.0 Å². The molecule has 1 aromatic carbocycles. The molecule has 3 heterocycles. The van der Waals surface area contributed by atoms with Gasteiger partial charge in [0.15, 0.2) is 0 Å². The number of pyridine rings is 1. The first kappa shape index (κ1) is 19.3. The summed E-state index contributed by atoms with van der Waals surface area (Å²) < 4.78 is 7.53. The molecule has 3 aromatic rings. The number of hydrogen-bond acceptors (Lipinski definition) is 5. The average molecular weight is 390 g/mol. The van der Waals surface area contributed by atoms with Crippen LogP contribution < -0.4 is 10.9 Å². The number of hydrogen-bond donors (Lipinski definition) is 1. The van der Waals surface area contributed by atoms with Crippen molar-refractivity contribution in [1.29, 1.82) is 0 Å². The third-order valence-electron chi connectivity index (χ3n) is 5.37. The summed E-state index contributed by atoms with van der Waals surface area (Å²) in [5.74, 6) is 0.624. The molecule has 0 radical (unpaired) electrons. The first-order valence-corrected chi connectivity index (χ1v) is 9.84. The van der Waals surface area contributed by atoms with Crippen LogP contribution in [0.15, 0.2) is 59.7 Å². The number of fused-ring (bicyclic) bond motifs is 1. The van der Waals surface area contributed by atoms with E-state index in [-0.39, 0.29) is 17.1 Å². The van der Waals surface area contributed by atoms with Crippen molar-refractivity contribution in [3.05, 3.63) is 76.3 Å². The van der Waals surface area contributed by atoms with Crippen LogP contribution in [0.3, 0.4) is 0 Å². The molecule has 1 aliphatic heterocycles. The lowest BCUT2D eigenvalue weighted by Gasteiger charge is -2.33. The van der Waals surface area contributed by atoms with E-state index >= 15 is 0 Å². The predicted octanol–water partition coefficient (Wildman–Crippen LogP) is 3.69. The highest BCUT2D eigenvalue weighted by molar-refractivity contribution is 5.64. The average Bonchev–Trinajstić information content (AvgIpc) is 2.74. The number of methoxy groups -OCH3 is 1. The lowest BCUT2D eigenvalue weighted by molar-refractivity contribution is 0.103. The SMILES string of the molecule is COC(Cc1c(-c2ccncc2)nc2n(c1=O)CC(C)(C)CN2)c1ccccc1. The molecule has 1 N–H and O–H groups in total. The molecule has 6 nitrogen and oxygen atoms in total. The first-order chi connectivity index (χ1) is 14.0. The van der Waals surface area contributed by atoms with Gasteiger partial charge in [-0.3, -0.25) is 14.3 Å². The maximum absolute atomic E-state index is 13.6. The van der Waals surface area contributed by atoms with Gasteiger partial charge in [0.1, 0.15) is 0 Å². The fourth-order valence-electron chi connectivity index (χ4n) is 3.80. The molecule has 1 unspecified atom stereocenters. The molecule has 2 aromatic heterocycles. The van der Waals surface area contributed by atoms with Crippen LogP contribution in [0.5, 0.6) is 0 Å². The van der Waals surface area contributed by atoms with Crippen LogP contribution in [-0.2, 0) is 17.7 Å². The molecular formula is C23H26N4O2. The molecule has 150 valence electrons. The predicted molar refractivity (Wildman–Crippen MR) is 114 cm³/mol. The summed E-state index contributed by atoms with van der Waals surface area (Å²) in [6.07, 6.45) is 3.67. The molecule has 0 saturated heterocycles. The van der Waals surface area contributed by atoms with Gasteiger partial charge in [-0.1, -0.05) is 44.2 Å². The summed E-state index contributed by atoms with van der Waals surface area (Å²) in [6, 6.07) is 13.8. The van der Waals surface area contributed by atoms with Crippen molar-refractivity contribution >= 4 is 5.95 Å². The summed E-state index contributed by atoms with van der Waals surface area (Å²) >= 11 is 0. The second-order valence-corrected chi connectivity index (χ2v) is 8.25. The van der Waals surface area contributed by atoms with Gasteiger partial charge in [-0.25, -0.2) is 4.98 Å². The fraction of sp³-hybridized carbons (Fsp3) is 0.348. The molecule has 4 rings (SSSR count). The first-order valence-electron chi connectivity index (χ1n) is 9.84. The van der Waals surface area contributed by atoms with E-state index < -0.39 is 0 Å². The number of anilines is 1. The number of ether oxygens (including phenoxy) is 1. The van der Waals surface area contributed by atoms with Gasteiger partial charge in [-0.15, -0.1) is 0 Å². The van der Waals surface area contributed by atoms with Crippen LogP contribution in [0.25, 0.3) is 11.3 Å². The smallest absolute Gasteiger partial charge is 0.258 e. The van der Waals surface area contributed by atoms with Crippen molar-refractivity contribution in [1.82, 2.24) is 14.5 Å². The monoisotopic (exact) mass is 390 g/mol. The van der Waals surface area contributed by atoms with Gasteiger partial charge >= 0.3 is 0 Å². The van der Waals surface area contributed by atoms with Crippen LogP contribution in [0.2, 0.25) is 0 Å². The summed E-state index contributed by atoms with van der Waals surface area (Å²) in [5.41, 5.74) is 3.24. The van der Waals surface area contributed by atoms with Crippen LogP contribution in [0.4, 0.5) is 5.95 Å². The summed E-state index contributed by atoms with van der Waals surface area (Å²) in [6.45, 7) is 5.70. The number of benzene rings is 1.